The third-order valence-corrected chi connectivity index (χ3v) is 3.56. The van der Waals surface area contributed by atoms with Crippen molar-refractivity contribution >= 4 is 21.0 Å². The van der Waals surface area contributed by atoms with Crippen LogP contribution in [0.3, 0.4) is 0 Å². The van der Waals surface area contributed by atoms with Gasteiger partial charge in [0.25, 0.3) is 0 Å². The van der Waals surface area contributed by atoms with Crippen molar-refractivity contribution in [3.8, 4) is 5.75 Å². The fourth-order valence-corrected chi connectivity index (χ4v) is 2.54. The van der Waals surface area contributed by atoms with Crippen molar-refractivity contribution in [3.05, 3.63) is 30.5 Å². The first-order chi connectivity index (χ1) is 7.62. The molecule has 2 aromatic rings. The van der Waals surface area contributed by atoms with Gasteiger partial charge in [0.1, 0.15) is 0 Å². The van der Waals surface area contributed by atoms with Crippen LogP contribution in [0.2, 0.25) is 0 Å². The van der Waals surface area contributed by atoms with Crippen LogP contribution in [0.4, 0.5) is 0 Å². The van der Waals surface area contributed by atoms with Crippen molar-refractivity contribution in [2.24, 2.45) is 0 Å². The van der Waals surface area contributed by atoms with Crippen LogP contribution in [0.25, 0.3) is 10.9 Å². The molecule has 0 spiro atoms. The van der Waals surface area contributed by atoms with Crippen molar-refractivity contribution < 1.29 is 12.6 Å². The average molecular weight is 239 g/mol. The van der Waals surface area contributed by atoms with Crippen LogP contribution in [-0.2, 0) is 10.1 Å². The Morgan fingerprint density at radius 3 is 2.81 bits per heavy atom. The minimum Gasteiger partial charge on any atom is -0.380 e. The molecule has 0 aliphatic carbocycles. The SMILES string of the molecule is CCCS(=O)(=O)Oc1c[nH]c2ccccc12. The van der Waals surface area contributed by atoms with Gasteiger partial charge in [-0.25, -0.2) is 0 Å². The Balaban J connectivity index is 2.35. The molecule has 1 heterocycles. The molecule has 0 bridgehead atoms. The molecule has 1 aromatic carbocycles. The zero-order valence-electron chi connectivity index (χ0n) is 8.93. The summed E-state index contributed by atoms with van der Waals surface area (Å²) in [5.74, 6) is 0.399. The number of fused-ring (bicyclic) bond motifs is 1. The number of benzene rings is 1. The van der Waals surface area contributed by atoms with Gasteiger partial charge in [-0.1, -0.05) is 19.1 Å². The molecule has 0 amide bonds. The van der Waals surface area contributed by atoms with E-state index >= 15 is 0 Å². The number of aromatic nitrogens is 1. The van der Waals surface area contributed by atoms with Crippen LogP contribution in [0.15, 0.2) is 30.5 Å². The van der Waals surface area contributed by atoms with Crippen LogP contribution in [0.1, 0.15) is 13.3 Å². The van der Waals surface area contributed by atoms with E-state index in [0.29, 0.717) is 12.2 Å². The summed E-state index contributed by atoms with van der Waals surface area (Å²) in [6.45, 7) is 1.80. The molecular formula is C11H13NO3S. The van der Waals surface area contributed by atoms with Gasteiger partial charge in [0.2, 0.25) is 0 Å². The molecule has 0 atom stereocenters. The van der Waals surface area contributed by atoms with Crippen LogP contribution < -0.4 is 4.18 Å². The van der Waals surface area contributed by atoms with Gasteiger partial charge in [0.15, 0.2) is 5.75 Å². The summed E-state index contributed by atoms with van der Waals surface area (Å²) in [6, 6.07) is 7.41. The maximum absolute atomic E-state index is 11.5. The monoisotopic (exact) mass is 239 g/mol. The lowest BCUT2D eigenvalue weighted by molar-refractivity contribution is 0.487. The molecule has 1 N–H and O–H groups in total. The van der Waals surface area contributed by atoms with Crippen LogP contribution in [0.5, 0.6) is 5.75 Å². The molecule has 0 saturated carbocycles. The van der Waals surface area contributed by atoms with Crippen molar-refractivity contribution in [2.45, 2.75) is 13.3 Å². The predicted molar refractivity (Wildman–Crippen MR) is 63.0 cm³/mol. The van der Waals surface area contributed by atoms with Gasteiger partial charge in [-0.2, -0.15) is 8.42 Å². The predicted octanol–water partition coefficient (Wildman–Crippen LogP) is 2.29. The molecule has 16 heavy (non-hydrogen) atoms. The minimum atomic E-state index is -3.47. The molecule has 0 fully saturated rings. The number of nitrogens with one attached hydrogen (secondary N) is 1. The first-order valence-electron chi connectivity index (χ1n) is 5.10. The lowest BCUT2D eigenvalue weighted by atomic mass is 10.2. The van der Waals surface area contributed by atoms with Crippen LogP contribution in [0, 0.1) is 0 Å². The van der Waals surface area contributed by atoms with Gasteiger partial charge in [0, 0.05) is 17.1 Å². The second-order valence-corrected chi connectivity index (χ2v) is 5.23. The molecule has 0 saturated heterocycles. The quantitative estimate of drug-likeness (QED) is 0.833. The number of aromatic amines is 1. The van der Waals surface area contributed by atoms with Gasteiger partial charge < -0.3 is 9.17 Å². The molecular weight excluding hydrogens is 226 g/mol. The van der Waals surface area contributed by atoms with Crippen LogP contribution in [-0.4, -0.2) is 19.2 Å². The molecule has 2 rings (SSSR count). The first kappa shape index (κ1) is 11.0. The normalized spacial score (nSPS) is 11.8. The Labute approximate surface area is 94.4 Å². The lowest BCUT2D eigenvalue weighted by Gasteiger charge is -2.03. The third kappa shape index (κ3) is 2.19. The lowest BCUT2D eigenvalue weighted by Crippen LogP contribution is -2.12. The Kier molecular flexibility index (Phi) is 2.87. The standard InChI is InChI=1S/C11H13NO3S/c1-2-7-16(13,14)15-11-8-12-10-6-4-3-5-9(10)11/h3-6,8,12H,2,7H2,1H3. The number of hydrogen-bond donors (Lipinski definition) is 1. The summed E-state index contributed by atoms with van der Waals surface area (Å²) in [6.07, 6.45) is 2.11. The van der Waals surface area contributed by atoms with Crippen molar-refractivity contribution in [3.63, 3.8) is 0 Å². The molecule has 4 nitrogen and oxygen atoms in total. The summed E-state index contributed by atoms with van der Waals surface area (Å²) in [4.78, 5) is 2.96. The summed E-state index contributed by atoms with van der Waals surface area (Å²) < 4.78 is 28.0. The van der Waals surface area contributed by atoms with Gasteiger partial charge in [-0.05, 0) is 18.6 Å². The minimum absolute atomic E-state index is 0.0342. The highest BCUT2D eigenvalue weighted by Gasteiger charge is 2.14. The van der Waals surface area contributed by atoms with E-state index in [9.17, 15) is 8.42 Å². The fourth-order valence-electron chi connectivity index (χ4n) is 1.54. The first-order valence-corrected chi connectivity index (χ1v) is 6.68. The molecule has 0 unspecified atom stereocenters. The highest BCUT2D eigenvalue weighted by atomic mass is 32.2. The zero-order valence-corrected chi connectivity index (χ0v) is 9.75. The van der Waals surface area contributed by atoms with Crippen molar-refractivity contribution in [1.82, 2.24) is 4.98 Å². The topological polar surface area (TPSA) is 59.2 Å². The van der Waals surface area contributed by atoms with E-state index in [1.807, 2.05) is 24.3 Å². The summed E-state index contributed by atoms with van der Waals surface area (Å²) >= 11 is 0. The highest BCUT2D eigenvalue weighted by Crippen LogP contribution is 2.26. The van der Waals surface area contributed by atoms with E-state index in [4.69, 9.17) is 4.18 Å². The van der Waals surface area contributed by atoms with Gasteiger partial charge in [-0.15, -0.1) is 0 Å². The molecule has 1 aromatic heterocycles. The van der Waals surface area contributed by atoms with Gasteiger partial charge in [-0.3, -0.25) is 0 Å². The van der Waals surface area contributed by atoms with Crippen LogP contribution >= 0.6 is 0 Å². The Morgan fingerprint density at radius 1 is 1.31 bits per heavy atom. The Bertz CT molecular complexity index is 586. The second kappa shape index (κ2) is 4.17. The van der Waals surface area contributed by atoms with E-state index in [-0.39, 0.29) is 5.75 Å². The number of para-hydroxylation sites is 1. The largest absolute Gasteiger partial charge is 0.380 e. The van der Waals surface area contributed by atoms with Crippen molar-refractivity contribution in [2.75, 3.05) is 5.75 Å². The van der Waals surface area contributed by atoms with E-state index in [0.717, 1.165) is 10.9 Å². The Hall–Kier alpha value is -1.49. The number of hydrogen-bond acceptors (Lipinski definition) is 3. The molecule has 0 aliphatic heterocycles. The van der Waals surface area contributed by atoms with E-state index < -0.39 is 10.1 Å². The molecule has 0 radical (unpaired) electrons. The van der Waals surface area contributed by atoms with E-state index in [1.54, 1.807) is 13.1 Å². The fraction of sp³-hybridized carbons (Fsp3) is 0.273. The molecule has 0 aliphatic rings. The van der Waals surface area contributed by atoms with Gasteiger partial charge >= 0.3 is 10.1 Å². The smallest absolute Gasteiger partial charge is 0.309 e. The summed E-state index contributed by atoms with van der Waals surface area (Å²) in [5.41, 5.74) is 0.865. The van der Waals surface area contributed by atoms with E-state index in [1.165, 1.54) is 0 Å². The molecule has 86 valence electrons. The number of rotatable bonds is 4. The zero-order chi connectivity index (χ0) is 11.6. The maximum atomic E-state index is 11.5. The summed E-state index contributed by atoms with van der Waals surface area (Å²) in [5, 5.41) is 0.780. The maximum Gasteiger partial charge on any atom is 0.309 e. The summed E-state index contributed by atoms with van der Waals surface area (Å²) in [7, 11) is -3.47. The molecule has 5 heteroatoms. The van der Waals surface area contributed by atoms with E-state index in [2.05, 4.69) is 4.98 Å². The Morgan fingerprint density at radius 2 is 2.06 bits per heavy atom. The van der Waals surface area contributed by atoms with Crippen molar-refractivity contribution in [1.29, 1.82) is 0 Å². The number of H-pyrrole nitrogens is 1. The van der Waals surface area contributed by atoms with Gasteiger partial charge in [0.05, 0.1) is 5.75 Å². The average Bonchev–Trinajstić information content (AvgIpc) is 2.61. The second-order valence-electron chi connectivity index (χ2n) is 3.54. The third-order valence-electron chi connectivity index (χ3n) is 2.22. The highest BCUT2D eigenvalue weighted by molar-refractivity contribution is 7.87.